The van der Waals surface area contributed by atoms with E-state index in [1.54, 1.807) is 0 Å². The number of carbonyl (C=O) groups is 1. The van der Waals surface area contributed by atoms with E-state index in [9.17, 15) is 4.79 Å². The highest BCUT2D eigenvalue weighted by Gasteiger charge is 2.15. The van der Waals surface area contributed by atoms with Crippen molar-refractivity contribution in [2.45, 2.75) is 39.7 Å². The average Bonchev–Trinajstić information content (AvgIpc) is 2.43. The summed E-state index contributed by atoms with van der Waals surface area (Å²) in [5.74, 6) is 0.743. The van der Waals surface area contributed by atoms with E-state index in [0.29, 0.717) is 13.0 Å². The molecule has 4 nitrogen and oxygen atoms in total. The summed E-state index contributed by atoms with van der Waals surface area (Å²) < 4.78 is 10.3. The molecule has 112 valence electrons. The highest BCUT2D eigenvalue weighted by molar-refractivity contribution is 5.70. The van der Waals surface area contributed by atoms with Crippen LogP contribution in [0.15, 0.2) is 12.1 Å². The molecule has 0 amide bonds. The number of carbonyl (C=O) groups excluding carboxylic acids is 1. The molecule has 1 aromatic carbocycles. The van der Waals surface area contributed by atoms with E-state index in [1.807, 2.05) is 20.9 Å². The molecule has 1 atom stereocenters. The second-order valence-electron chi connectivity index (χ2n) is 4.95. The van der Waals surface area contributed by atoms with Crippen molar-refractivity contribution in [3.8, 4) is 5.75 Å². The number of benzene rings is 1. The second kappa shape index (κ2) is 7.90. The van der Waals surface area contributed by atoms with Crippen molar-refractivity contribution in [1.29, 1.82) is 0 Å². The quantitative estimate of drug-likeness (QED) is 0.779. The fraction of sp³-hybridized carbons (Fsp3) is 0.562. The van der Waals surface area contributed by atoms with Crippen LogP contribution in [0.4, 0.5) is 0 Å². The molecule has 0 aliphatic rings. The Morgan fingerprint density at radius 2 is 2.00 bits per heavy atom. The Balaban J connectivity index is 2.85. The zero-order chi connectivity index (χ0) is 15.1. The molecular formula is C16H25NO3. The van der Waals surface area contributed by atoms with Gasteiger partial charge in [-0.25, -0.2) is 0 Å². The van der Waals surface area contributed by atoms with Gasteiger partial charge in [0.25, 0.3) is 0 Å². The summed E-state index contributed by atoms with van der Waals surface area (Å²) in [6.07, 6.45) is 1.17. The first-order valence-electron chi connectivity index (χ1n) is 6.98. The van der Waals surface area contributed by atoms with E-state index in [0.717, 1.165) is 17.7 Å². The van der Waals surface area contributed by atoms with Crippen molar-refractivity contribution in [2.75, 3.05) is 20.8 Å². The Morgan fingerprint density at radius 1 is 1.30 bits per heavy atom. The molecular weight excluding hydrogens is 254 g/mol. The number of rotatable bonds is 7. The van der Waals surface area contributed by atoms with Gasteiger partial charge < -0.3 is 14.8 Å². The van der Waals surface area contributed by atoms with Crippen LogP contribution in [-0.4, -0.2) is 32.8 Å². The van der Waals surface area contributed by atoms with E-state index in [1.165, 1.54) is 18.2 Å². The molecule has 0 radical (unpaired) electrons. The van der Waals surface area contributed by atoms with E-state index in [-0.39, 0.29) is 12.0 Å². The molecule has 1 aromatic rings. The van der Waals surface area contributed by atoms with E-state index in [2.05, 4.69) is 24.4 Å². The van der Waals surface area contributed by atoms with Crippen molar-refractivity contribution < 1.29 is 14.3 Å². The molecule has 0 saturated carbocycles. The van der Waals surface area contributed by atoms with Gasteiger partial charge in [0, 0.05) is 6.04 Å². The topological polar surface area (TPSA) is 47.6 Å². The van der Waals surface area contributed by atoms with Crippen LogP contribution in [0.25, 0.3) is 0 Å². The van der Waals surface area contributed by atoms with Crippen LogP contribution in [0, 0.1) is 13.8 Å². The molecule has 0 saturated heterocycles. The molecule has 1 unspecified atom stereocenters. The molecule has 1 rings (SSSR count). The van der Waals surface area contributed by atoms with Gasteiger partial charge in [0.2, 0.25) is 0 Å². The second-order valence-corrected chi connectivity index (χ2v) is 4.95. The minimum Gasteiger partial charge on any atom is -0.494 e. The number of esters is 1. The maximum atomic E-state index is 11.4. The van der Waals surface area contributed by atoms with Crippen LogP contribution in [0.5, 0.6) is 5.75 Å². The fourth-order valence-corrected chi connectivity index (χ4v) is 2.21. The van der Waals surface area contributed by atoms with E-state index >= 15 is 0 Å². The van der Waals surface area contributed by atoms with Crippen molar-refractivity contribution in [2.24, 2.45) is 0 Å². The number of hydrogen-bond donors (Lipinski definition) is 1. The number of nitrogens with one attached hydrogen (secondary N) is 1. The van der Waals surface area contributed by atoms with Crippen LogP contribution in [0.1, 0.15) is 30.0 Å². The molecule has 4 heteroatoms. The number of ether oxygens (including phenoxy) is 2. The minimum absolute atomic E-state index is 0.0819. The van der Waals surface area contributed by atoms with Gasteiger partial charge in [-0.1, -0.05) is 6.07 Å². The lowest BCUT2D eigenvalue weighted by molar-refractivity contribution is -0.141. The molecule has 1 N–H and O–H groups in total. The molecule has 20 heavy (non-hydrogen) atoms. The Morgan fingerprint density at radius 3 is 2.55 bits per heavy atom. The molecule has 0 bridgehead atoms. The zero-order valence-corrected chi connectivity index (χ0v) is 13.1. The maximum absolute atomic E-state index is 11.4. The van der Waals surface area contributed by atoms with Crippen molar-refractivity contribution in [3.05, 3.63) is 28.8 Å². The summed E-state index contributed by atoms with van der Waals surface area (Å²) in [6.45, 7) is 6.77. The van der Waals surface area contributed by atoms with Crippen LogP contribution in [0.3, 0.4) is 0 Å². The third-order valence-electron chi connectivity index (χ3n) is 3.45. The highest BCUT2D eigenvalue weighted by atomic mass is 16.5. The van der Waals surface area contributed by atoms with E-state index < -0.39 is 0 Å². The van der Waals surface area contributed by atoms with Crippen LogP contribution in [-0.2, 0) is 16.0 Å². The van der Waals surface area contributed by atoms with Gasteiger partial charge in [0.15, 0.2) is 0 Å². The highest BCUT2D eigenvalue weighted by Crippen LogP contribution is 2.24. The van der Waals surface area contributed by atoms with Crippen molar-refractivity contribution in [3.63, 3.8) is 0 Å². The van der Waals surface area contributed by atoms with Gasteiger partial charge in [-0.2, -0.15) is 0 Å². The van der Waals surface area contributed by atoms with Gasteiger partial charge in [-0.05, 0) is 57.0 Å². The Hall–Kier alpha value is -1.55. The predicted octanol–water partition coefficient (Wildman–Crippen LogP) is 2.40. The number of methoxy groups -OCH3 is 1. The summed E-state index contributed by atoms with van der Waals surface area (Å²) in [6, 6.07) is 4.29. The summed E-state index contributed by atoms with van der Waals surface area (Å²) in [5.41, 5.74) is 3.54. The lowest BCUT2D eigenvalue weighted by Crippen LogP contribution is -2.31. The third-order valence-corrected chi connectivity index (χ3v) is 3.45. The van der Waals surface area contributed by atoms with Crippen molar-refractivity contribution in [1.82, 2.24) is 5.32 Å². The fourth-order valence-electron chi connectivity index (χ4n) is 2.21. The van der Waals surface area contributed by atoms with Gasteiger partial charge >= 0.3 is 5.97 Å². The SMILES string of the molecule is CCOc1cc(C)c(CC(CC(=O)OC)NC)cc1C. The molecule has 0 aliphatic heterocycles. The van der Waals surface area contributed by atoms with Gasteiger partial charge in [-0.15, -0.1) is 0 Å². The maximum Gasteiger partial charge on any atom is 0.307 e. The number of aryl methyl sites for hydroxylation is 2. The molecule has 0 fully saturated rings. The summed E-state index contributed by atoms with van der Waals surface area (Å²) in [7, 11) is 3.28. The Kier molecular flexibility index (Phi) is 6.52. The number of hydrogen-bond acceptors (Lipinski definition) is 4. The normalized spacial score (nSPS) is 12.1. The third kappa shape index (κ3) is 4.53. The standard InChI is InChI=1S/C16H25NO3/c1-6-20-15-8-11(2)13(7-12(15)3)9-14(17-4)10-16(18)19-5/h7-8,14,17H,6,9-10H2,1-5H3. The Labute approximate surface area is 121 Å². The zero-order valence-electron chi connectivity index (χ0n) is 13.1. The average molecular weight is 279 g/mol. The first kappa shape index (κ1) is 16.5. The van der Waals surface area contributed by atoms with Gasteiger partial charge in [0.1, 0.15) is 5.75 Å². The van der Waals surface area contributed by atoms with E-state index in [4.69, 9.17) is 9.47 Å². The summed E-state index contributed by atoms with van der Waals surface area (Å²) in [5, 5.41) is 3.17. The number of likely N-dealkylation sites (N-methyl/N-ethyl adjacent to an activating group) is 1. The minimum atomic E-state index is -0.190. The van der Waals surface area contributed by atoms with Gasteiger partial charge in [0.05, 0.1) is 20.1 Å². The van der Waals surface area contributed by atoms with Crippen LogP contribution >= 0.6 is 0 Å². The first-order chi connectivity index (χ1) is 9.51. The summed E-state index contributed by atoms with van der Waals surface area (Å²) >= 11 is 0. The monoisotopic (exact) mass is 279 g/mol. The molecule has 0 heterocycles. The predicted molar refractivity (Wildman–Crippen MR) is 80.3 cm³/mol. The molecule has 0 aliphatic carbocycles. The molecule has 0 aromatic heterocycles. The first-order valence-corrected chi connectivity index (χ1v) is 6.98. The van der Waals surface area contributed by atoms with Crippen molar-refractivity contribution >= 4 is 5.97 Å². The lowest BCUT2D eigenvalue weighted by Gasteiger charge is -2.18. The molecule has 0 spiro atoms. The smallest absolute Gasteiger partial charge is 0.307 e. The van der Waals surface area contributed by atoms with Crippen LogP contribution in [0.2, 0.25) is 0 Å². The van der Waals surface area contributed by atoms with Gasteiger partial charge in [-0.3, -0.25) is 4.79 Å². The van der Waals surface area contributed by atoms with Crippen LogP contribution < -0.4 is 10.1 Å². The Bertz CT molecular complexity index is 457. The summed E-state index contributed by atoms with van der Waals surface area (Å²) in [4.78, 5) is 11.4. The largest absolute Gasteiger partial charge is 0.494 e. The lowest BCUT2D eigenvalue weighted by atomic mass is 9.97.